The molecule has 2 saturated carbocycles. The lowest BCUT2D eigenvalue weighted by atomic mass is 9.74. The highest BCUT2D eigenvalue weighted by molar-refractivity contribution is 7.09. The monoisotopic (exact) mass is 278 g/mol. The molecule has 3 rings (SSSR count). The number of nitrogens with one attached hydrogen (secondary N) is 1. The molecular formula is C16H26N2S. The third-order valence-corrected chi connectivity index (χ3v) is 6.14. The second-order valence-electron chi connectivity index (χ2n) is 6.76. The standard InChI is InChI=1S/C16H26N2S/c1-11(2)14-10-19-15(18-14)16(17-3)8-4-5-13(9-16)12-6-7-12/h10-13,17H,4-9H2,1-3H3. The van der Waals surface area contributed by atoms with Gasteiger partial charge in [0.05, 0.1) is 11.2 Å². The minimum Gasteiger partial charge on any atom is -0.308 e. The Morgan fingerprint density at radius 2 is 2.11 bits per heavy atom. The average molecular weight is 278 g/mol. The van der Waals surface area contributed by atoms with Crippen molar-refractivity contribution in [2.24, 2.45) is 11.8 Å². The molecule has 2 nitrogen and oxygen atoms in total. The van der Waals surface area contributed by atoms with Crippen molar-refractivity contribution in [2.75, 3.05) is 7.05 Å². The molecule has 0 saturated heterocycles. The summed E-state index contributed by atoms with van der Waals surface area (Å²) in [5, 5.41) is 7.25. The van der Waals surface area contributed by atoms with Crippen LogP contribution in [0, 0.1) is 11.8 Å². The van der Waals surface area contributed by atoms with E-state index in [1.807, 2.05) is 11.3 Å². The van der Waals surface area contributed by atoms with Crippen LogP contribution in [0.3, 0.4) is 0 Å². The summed E-state index contributed by atoms with van der Waals surface area (Å²) in [4.78, 5) is 4.95. The summed E-state index contributed by atoms with van der Waals surface area (Å²) in [6.45, 7) is 4.47. The predicted molar refractivity (Wildman–Crippen MR) is 81.6 cm³/mol. The van der Waals surface area contributed by atoms with Gasteiger partial charge in [-0.1, -0.05) is 26.7 Å². The van der Waals surface area contributed by atoms with E-state index in [1.165, 1.54) is 49.2 Å². The molecule has 19 heavy (non-hydrogen) atoms. The zero-order valence-electron chi connectivity index (χ0n) is 12.4. The molecule has 1 heterocycles. The SMILES string of the molecule is CNC1(c2nc(C(C)C)cs2)CCCC(C2CC2)C1. The van der Waals surface area contributed by atoms with Crippen LogP contribution in [0.15, 0.2) is 5.38 Å². The van der Waals surface area contributed by atoms with E-state index in [1.54, 1.807) is 0 Å². The lowest BCUT2D eigenvalue weighted by Crippen LogP contribution is -2.44. The minimum absolute atomic E-state index is 0.170. The van der Waals surface area contributed by atoms with Crippen molar-refractivity contribution in [1.82, 2.24) is 10.3 Å². The van der Waals surface area contributed by atoms with Gasteiger partial charge in [0.1, 0.15) is 5.01 Å². The average Bonchev–Trinajstić information content (AvgIpc) is 3.15. The van der Waals surface area contributed by atoms with Gasteiger partial charge in [-0.15, -0.1) is 11.3 Å². The second-order valence-corrected chi connectivity index (χ2v) is 7.62. The van der Waals surface area contributed by atoms with Crippen molar-refractivity contribution >= 4 is 11.3 Å². The molecule has 0 aliphatic heterocycles. The predicted octanol–water partition coefficient (Wildman–Crippen LogP) is 4.28. The van der Waals surface area contributed by atoms with Gasteiger partial charge in [-0.2, -0.15) is 0 Å². The van der Waals surface area contributed by atoms with Gasteiger partial charge >= 0.3 is 0 Å². The molecule has 106 valence electrons. The van der Waals surface area contributed by atoms with E-state index in [-0.39, 0.29) is 5.54 Å². The van der Waals surface area contributed by atoms with Gasteiger partial charge in [0.25, 0.3) is 0 Å². The first-order valence-electron chi connectivity index (χ1n) is 7.79. The molecule has 1 aromatic rings. The van der Waals surface area contributed by atoms with Gasteiger partial charge < -0.3 is 5.32 Å². The summed E-state index contributed by atoms with van der Waals surface area (Å²) in [7, 11) is 2.13. The summed E-state index contributed by atoms with van der Waals surface area (Å²) in [6, 6.07) is 0. The van der Waals surface area contributed by atoms with Crippen molar-refractivity contribution in [2.45, 2.75) is 63.8 Å². The van der Waals surface area contributed by atoms with Crippen LogP contribution in [-0.2, 0) is 5.54 Å². The van der Waals surface area contributed by atoms with E-state index < -0.39 is 0 Å². The van der Waals surface area contributed by atoms with E-state index in [0.29, 0.717) is 5.92 Å². The summed E-state index contributed by atoms with van der Waals surface area (Å²) in [5.74, 6) is 2.51. The number of nitrogens with zero attached hydrogens (tertiary/aromatic N) is 1. The van der Waals surface area contributed by atoms with Crippen LogP contribution in [0.1, 0.15) is 69.0 Å². The molecule has 0 amide bonds. The van der Waals surface area contributed by atoms with Gasteiger partial charge in [-0.3, -0.25) is 0 Å². The molecule has 0 radical (unpaired) electrons. The van der Waals surface area contributed by atoms with Gasteiger partial charge in [0, 0.05) is 5.38 Å². The normalized spacial score (nSPS) is 31.9. The maximum absolute atomic E-state index is 4.95. The number of rotatable bonds is 4. The molecule has 0 aromatic carbocycles. The maximum Gasteiger partial charge on any atom is 0.113 e. The number of hydrogen-bond donors (Lipinski definition) is 1. The molecule has 2 aliphatic rings. The minimum atomic E-state index is 0.170. The Bertz CT molecular complexity index is 436. The van der Waals surface area contributed by atoms with E-state index in [0.717, 1.165) is 11.8 Å². The Kier molecular flexibility index (Phi) is 3.69. The quantitative estimate of drug-likeness (QED) is 0.889. The summed E-state index contributed by atoms with van der Waals surface area (Å²) in [5.41, 5.74) is 1.44. The van der Waals surface area contributed by atoms with Crippen molar-refractivity contribution < 1.29 is 0 Å². The van der Waals surface area contributed by atoms with E-state index in [9.17, 15) is 0 Å². The fourth-order valence-electron chi connectivity index (χ4n) is 3.59. The van der Waals surface area contributed by atoms with Crippen molar-refractivity contribution in [3.63, 3.8) is 0 Å². The van der Waals surface area contributed by atoms with E-state index in [4.69, 9.17) is 4.98 Å². The van der Waals surface area contributed by atoms with Gasteiger partial charge in [-0.25, -0.2) is 4.98 Å². The summed E-state index contributed by atoms with van der Waals surface area (Å²) < 4.78 is 0. The molecule has 2 aliphatic carbocycles. The molecule has 1 N–H and O–H groups in total. The zero-order valence-corrected chi connectivity index (χ0v) is 13.2. The van der Waals surface area contributed by atoms with Gasteiger partial charge in [-0.05, 0) is 50.5 Å². The first kappa shape index (κ1) is 13.6. The highest BCUT2D eigenvalue weighted by Gasteiger charge is 2.43. The second kappa shape index (κ2) is 5.17. The molecule has 0 bridgehead atoms. The molecule has 2 fully saturated rings. The lowest BCUT2D eigenvalue weighted by molar-refractivity contribution is 0.173. The smallest absolute Gasteiger partial charge is 0.113 e. The van der Waals surface area contributed by atoms with Crippen LogP contribution in [-0.4, -0.2) is 12.0 Å². The topological polar surface area (TPSA) is 24.9 Å². The Morgan fingerprint density at radius 1 is 1.32 bits per heavy atom. The first-order chi connectivity index (χ1) is 9.14. The van der Waals surface area contributed by atoms with Crippen LogP contribution >= 0.6 is 11.3 Å². The highest BCUT2D eigenvalue weighted by atomic mass is 32.1. The third-order valence-electron chi connectivity index (χ3n) is 5.08. The summed E-state index contributed by atoms with van der Waals surface area (Å²) in [6.07, 6.45) is 8.31. The molecule has 2 unspecified atom stereocenters. The fourth-order valence-corrected chi connectivity index (χ4v) is 4.82. The highest BCUT2D eigenvalue weighted by Crippen LogP contribution is 2.49. The molecule has 2 atom stereocenters. The van der Waals surface area contributed by atoms with Crippen LogP contribution in [0.5, 0.6) is 0 Å². The van der Waals surface area contributed by atoms with Crippen LogP contribution in [0.2, 0.25) is 0 Å². The zero-order chi connectivity index (χ0) is 13.5. The van der Waals surface area contributed by atoms with Crippen LogP contribution < -0.4 is 5.32 Å². The largest absolute Gasteiger partial charge is 0.308 e. The number of thiazole rings is 1. The molecular weight excluding hydrogens is 252 g/mol. The van der Waals surface area contributed by atoms with Gasteiger partial charge in [0.15, 0.2) is 0 Å². The fraction of sp³-hybridized carbons (Fsp3) is 0.812. The van der Waals surface area contributed by atoms with E-state index >= 15 is 0 Å². The Hall–Kier alpha value is -0.410. The summed E-state index contributed by atoms with van der Waals surface area (Å²) >= 11 is 1.87. The van der Waals surface area contributed by atoms with Crippen LogP contribution in [0.4, 0.5) is 0 Å². The molecule has 1 aromatic heterocycles. The Labute approximate surface area is 121 Å². The number of hydrogen-bond acceptors (Lipinski definition) is 3. The maximum atomic E-state index is 4.95. The lowest BCUT2D eigenvalue weighted by Gasteiger charge is -2.39. The van der Waals surface area contributed by atoms with Crippen molar-refractivity contribution in [3.05, 3.63) is 16.1 Å². The third kappa shape index (κ3) is 2.59. The van der Waals surface area contributed by atoms with E-state index in [2.05, 4.69) is 31.6 Å². The van der Waals surface area contributed by atoms with Gasteiger partial charge in [0.2, 0.25) is 0 Å². The Balaban J connectivity index is 1.83. The molecule has 3 heteroatoms. The number of aromatic nitrogens is 1. The Morgan fingerprint density at radius 3 is 2.68 bits per heavy atom. The van der Waals surface area contributed by atoms with Crippen molar-refractivity contribution in [1.29, 1.82) is 0 Å². The van der Waals surface area contributed by atoms with Crippen LogP contribution in [0.25, 0.3) is 0 Å². The first-order valence-corrected chi connectivity index (χ1v) is 8.67. The van der Waals surface area contributed by atoms with Crippen molar-refractivity contribution in [3.8, 4) is 0 Å². The molecule has 0 spiro atoms.